The fraction of sp³-hybridized carbons (Fsp3) is 0.704. The van der Waals surface area contributed by atoms with E-state index < -0.39 is 40.5 Å². The topological polar surface area (TPSA) is 98.2 Å². The Bertz CT molecular complexity index is 1170. The standard InChI is InChI=1S/C27H35NO5/c1-23(2,30)21-19(29)22-27(33-22)18(32-21)10-11-24(3)25(4)14(9-12-26(24,27)31)13-16-15-7-5-6-8-17(15)28-20(16)25/h5-8,14,18-19,21-22,28-31H,9-13H2,1-4H3/t14-,18-,19+,21-,22+,24+,25+,26-,27-/m0/s1. The number of aliphatic hydroxyl groups excluding tert-OH is 1. The zero-order valence-corrected chi connectivity index (χ0v) is 19.9. The lowest BCUT2D eigenvalue weighted by molar-refractivity contribution is -0.280. The van der Waals surface area contributed by atoms with Gasteiger partial charge in [0.2, 0.25) is 0 Å². The number of aliphatic hydroxyl groups is 3. The zero-order valence-electron chi connectivity index (χ0n) is 19.9. The van der Waals surface area contributed by atoms with E-state index in [1.807, 2.05) is 0 Å². The first-order chi connectivity index (χ1) is 15.5. The molecule has 6 nitrogen and oxygen atoms in total. The van der Waals surface area contributed by atoms with Crippen molar-refractivity contribution in [1.82, 2.24) is 4.98 Å². The smallest absolute Gasteiger partial charge is 0.152 e. The van der Waals surface area contributed by atoms with Gasteiger partial charge in [-0.2, -0.15) is 0 Å². The summed E-state index contributed by atoms with van der Waals surface area (Å²) < 4.78 is 12.7. The first-order valence-corrected chi connectivity index (χ1v) is 12.6. The molecule has 4 N–H and O–H groups in total. The minimum atomic E-state index is -1.19. The number of epoxide rings is 1. The van der Waals surface area contributed by atoms with Gasteiger partial charge < -0.3 is 29.8 Å². The third kappa shape index (κ3) is 2.08. The molecule has 0 unspecified atom stereocenters. The number of para-hydroxylation sites is 1. The maximum atomic E-state index is 12.7. The highest BCUT2D eigenvalue weighted by Crippen LogP contribution is 2.74. The molecule has 7 rings (SSSR count). The Labute approximate surface area is 194 Å². The molecule has 33 heavy (non-hydrogen) atoms. The molecule has 6 heteroatoms. The lowest BCUT2D eigenvalue weighted by atomic mass is 9.40. The van der Waals surface area contributed by atoms with Gasteiger partial charge in [0.05, 0.1) is 11.7 Å². The number of aromatic amines is 1. The van der Waals surface area contributed by atoms with Crippen molar-refractivity contribution in [3.63, 3.8) is 0 Å². The molecule has 1 spiro atoms. The van der Waals surface area contributed by atoms with Crippen LogP contribution in [0.3, 0.4) is 0 Å². The molecule has 178 valence electrons. The monoisotopic (exact) mass is 453 g/mol. The van der Waals surface area contributed by atoms with Crippen LogP contribution >= 0.6 is 0 Å². The first-order valence-electron chi connectivity index (χ1n) is 12.6. The summed E-state index contributed by atoms with van der Waals surface area (Å²) in [6.45, 7) is 7.93. The quantitative estimate of drug-likeness (QED) is 0.498. The zero-order chi connectivity index (χ0) is 23.2. The van der Waals surface area contributed by atoms with Crippen molar-refractivity contribution >= 4 is 10.9 Å². The highest BCUT2D eigenvalue weighted by Gasteiger charge is 2.86. The maximum absolute atomic E-state index is 12.7. The Balaban J connectivity index is 1.36. The summed E-state index contributed by atoms with van der Waals surface area (Å²) in [5.41, 5.74) is -0.0565. The number of ether oxygens (including phenoxy) is 2. The highest BCUT2D eigenvalue weighted by atomic mass is 16.7. The summed E-state index contributed by atoms with van der Waals surface area (Å²) in [4.78, 5) is 3.76. The number of aromatic nitrogens is 1. The van der Waals surface area contributed by atoms with Crippen LogP contribution in [0, 0.1) is 11.3 Å². The van der Waals surface area contributed by atoms with Gasteiger partial charge in [-0.25, -0.2) is 0 Å². The molecular formula is C27H35NO5. The number of hydrogen-bond donors (Lipinski definition) is 4. The number of rotatable bonds is 1. The molecule has 2 saturated heterocycles. The van der Waals surface area contributed by atoms with E-state index in [0.717, 1.165) is 31.2 Å². The predicted molar refractivity (Wildman–Crippen MR) is 123 cm³/mol. The van der Waals surface area contributed by atoms with Crippen LogP contribution in [0.5, 0.6) is 0 Å². The van der Waals surface area contributed by atoms with Crippen LogP contribution in [0.4, 0.5) is 0 Å². The summed E-state index contributed by atoms with van der Waals surface area (Å²) in [6.07, 6.45) is 1.60. The summed E-state index contributed by atoms with van der Waals surface area (Å²) in [6, 6.07) is 8.52. The Morgan fingerprint density at radius 2 is 1.88 bits per heavy atom. The Kier molecular flexibility index (Phi) is 3.70. The average molecular weight is 454 g/mol. The minimum absolute atomic E-state index is 0.234. The lowest BCUT2D eigenvalue weighted by Gasteiger charge is -2.66. The van der Waals surface area contributed by atoms with Crippen molar-refractivity contribution in [2.45, 2.75) is 106 Å². The summed E-state index contributed by atoms with van der Waals surface area (Å²) in [5.74, 6) is 0.456. The van der Waals surface area contributed by atoms with Gasteiger partial charge in [-0.05, 0) is 63.5 Å². The van der Waals surface area contributed by atoms with Crippen molar-refractivity contribution in [3.05, 3.63) is 35.5 Å². The number of benzene rings is 1. The molecule has 0 amide bonds. The van der Waals surface area contributed by atoms with Crippen molar-refractivity contribution < 1.29 is 24.8 Å². The van der Waals surface area contributed by atoms with Crippen molar-refractivity contribution in [2.24, 2.45) is 11.3 Å². The van der Waals surface area contributed by atoms with Crippen LogP contribution in [0.2, 0.25) is 0 Å². The largest absolute Gasteiger partial charge is 0.388 e. The average Bonchev–Trinajstić information content (AvgIpc) is 3.34. The van der Waals surface area contributed by atoms with E-state index in [9.17, 15) is 15.3 Å². The normalized spacial score (nSPS) is 50.2. The second-order valence-electron chi connectivity index (χ2n) is 12.4. The van der Waals surface area contributed by atoms with Gasteiger partial charge in [0.15, 0.2) is 5.60 Å². The molecular weight excluding hydrogens is 418 g/mol. The highest BCUT2D eigenvalue weighted by molar-refractivity contribution is 5.86. The molecule has 2 saturated carbocycles. The molecule has 9 atom stereocenters. The van der Waals surface area contributed by atoms with Crippen molar-refractivity contribution in [1.29, 1.82) is 0 Å². The summed E-state index contributed by atoms with van der Waals surface area (Å²) >= 11 is 0. The van der Waals surface area contributed by atoms with Crippen LogP contribution in [-0.4, -0.2) is 61.5 Å². The molecule has 1 aromatic heterocycles. The van der Waals surface area contributed by atoms with Crippen molar-refractivity contribution in [2.75, 3.05) is 0 Å². The number of hydrogen-bond acceptors (Lipinski definition) is 5. The number of H-pyrrole nitrogens is 1. The van der Waals surface area contributed by atoms with E-state index in [2.05, 4.69) is 43.1 Å². The van der Waals surface area contributed by atoms with Crippen LogP contribution in [-0.2, 0) is 21.3 Å². The van der Waals surface area contributed by atoms with Gasteiger partial charge in [-0.3, -0.25) is 0 Å². The van der Waals surface area contributed by atoms with E-state index in [1.165, 1.54) is 16.6 Å². The van der Waals surface area contributed by atoms with E-state index in [0.29, 0.717) is 12.3 Å². The molecule has 5 aliphatic rings. The molecule has 1 aromatic carbocycles. The fourth-order valence-electron chi connectivity index (χ4n) is 8.97. The van der Waals surface area contributed by atoms with E-state index in [-0.39, 0.29) is 11.5 Å². The number of nitrogens with one attached hydrogen (secondary N) is 1. The maximum Gasteiger partial charge on any atom is 0.152 e. The second kappa shape index (κ2) is 5.85. The van der Waals surface area contributed by atoms with Gasteiger partial charge in [-0.1, -0.05) is 32.0 Å². The molecule has 0 radical (unpaired) electrons. The summed E-state index contributed by atoms with van der Waals surface area (Å²) in [5, 5.41) is 35.7. The molecule has 0 bridgehead atoms. The minimum Gasteiger partial charge on any atom is -0.388 e. The molecule has 3 heterocycles. The number of fused-ring (bicyclic) bond motifs is 7. The predicted octanol–water partition coefficient (Wildman–Crippen LogP) is 2.96. The molecule has 2 aliphatic heterocycles. The van der Waals surface area contributed by atoms with Gasteiger partial charge in [-0.15, -0.1) is 0 Å². The first kappa shape index (κ1) is 20.9. The van der Waals surface area contributed by atoms with Crippen LogP contribution in [0.25, 0.3) is 10.9 Å². The second-order valence-corrected chi connectivity index (χ2v) is 12.4. The Morgan fingerprint density at radius 1 is 1.12 bits per heavy atom. The van der Waals surface area contributed by atoms with E-state index in [4.69, 9.17) is 9.47 Å². The van der Waals surface area contributed by atoms with Crippen molar-refractivity contribution in [3.8, 4) is 0 Å². The van der Waals surface area contributed by atoms with Crippen LogP contribution in [0.1, 0.15) is 64.6 Å². The molecule has 2 aromatic rings. The Hall–Kier alpha value is -1.44. The molecule has 4 fully saturated rings. The lowest BCUT2D eigenvalue weighted by Crippen LogP contribution is -2.76. The summed E-state index contributed by atoms with van der Waals surface area (Å²) in [7, 11) is 0. The SMILES string of the molecule is CC(C)(O)[C@H]1O[C@H]2CC[C@@]3(C)[C@@](O)(CC[C@H]4Cc5c([nH]c6ccccc56)[C@@]43C)[C@]23O[C@@H]3[C@@H]1O. The fourth-order valence-corrected chi connectivity index (χ4v) is 8.97. The molecule has 3 aliphatic carbocycles. The van der Waals surface area contributed by atoms with Crippen LogP contribution in [0.15, 0.2) is 24.3 Å². The van der Waals surface area contributed by atoms with E-state index in [1.54, 1.807) is 13.8 Å². The van der Waals surface area contributed by atoms with Gasteiger partial charge in [0.1, 0.15) is 23.9 Å². The third-order valence-electron chi connectivity index (χ3n) is 10.9. The van der Waals surface area contributed by atoms with Gasteiger partial charge in [0, 0.05) is 27.4 Å². The van der Waals surface area contributed by atoms with Gasteiger partial charge >= 0.3 is 0 Å². The van der Waals surface area contributed by atoms with Crippen LogP contribution < -0.4 is 0 Å². The third-order valence-corrected chi connectivity index (χ3v) is 10.9. The van der Waals surface area contributed by atoms with Gasteiger partial charge in [0.25, 0.3) is 0 Å². The van der Waals surface area contributed by atoms with E-state index >= 15 is 0 Å². The Morgan fingerprint density at radius 3 is 2.64 bits per heavy atom.